The molecule has 1 aliphatic heterocycles. The molecular formula is C14H15BrFN3O3. The SMILES string of the molecule is COc1nc2c3c([nH]c2c(F)c1Br)CCN(C(=O)CO)CC3. The minimum Gasteiger partial charge on any atom is -0.480 e. The summed E-state index contributed by atoms with van der Waals surface area (Å²) in [5.74, 6) is -0.536. The van der Waals surface area contributed by atoms with Gasteiger partial charge in [-0.15, -0.1) is 0 Å². The van der Waals surface area contributed by atoms with Gasteiger partial charge in [0.1, 0.15) is 16.6 Å². The van der Waals surface area contributed by atoms with E-state index < -0.39 is 12.4 Å². The molecule has 1 aliphatic rings. The number of aromatic amines is 1. The van der Waals surface area contributed by atoms with Gasteiger partial charge in [0.15, 0.2) is 5.82 Å². The van der Waals surface area contributed by atoms with Gasteiger partial charge in [0, 0.05) is 30.8 Å². The molecule has 0 spiro atoms. The topological polar surface area (TPSA) is 78.5 Å². The number of aromatic nitrogens is 2. The van der Waals surface area contributed by atoms with E-state index in [1.807, 2.05) is 0 Å². The van der Waals surface area contributed by atoms with E-state index in [1.54, 1.807) is 4.90 Å². The Morgan fingerprint density at radius 1 is 1.50 bits per heavy atom. The molecule has 3 heterocycles. The van der Waals surface area contributed by atoms with Gasteiger partial charge in [-0.25, -0.2) is 9.37 Å². The molecule has 0 saturated heterocycles. The fourth-order valence-corrected chi connectivity index (χ4v) is 3.24. The lowest BCUT2D eigenvalue weighted by Gasteiger charge is -2.18. The van der Waals surface area contributed by atoms with Crippen LogP contribution in [-0.4, -0.2) is 52.7 Å². The van der Waals surface area contributed by atoms with Crippen LogP contribution in [0.25, 0.3) is 11.0 Å². The van der Waals surface area contributed by atoms with Crippen molar-refractivity contribution >= 4 is 32.9 Å². The Kier molecular flexibility index (Phi) is 4.05. The molecule has 0 fully saturated rings. The minimum absolute atomic E-state index is 0.191. The fourth-order valence-electron chi connectivity index (χ4n) is 2.79. The van der Waals surface area contributed by atoms with Gasteiger partial charge >= 0.3 is 0 Å². The van der Waals surface area contributed by atoms with Gasteiger partial charge in [-0.1, -0.05) is 0 Å². The number of nitrogens with one attached hydrogen (secondary N) is 1. The number of aliphatic hydroxyl groups excluding tert-OH is 1. The van der Waals surface area contributed by atoms with Crippen LogP contribution >= 0.6 is 15.9 Å². The molecule has 0 aliphatic carbocycles. The average Bonchev–Trinajstić information content (AvgIpc) is 2.74. The number of nitrogens with zero attached hydrogens (tertiary/aromatic N) is 2. The van der Waals surface area contributed by atoms with Gasteiger partial charge in [0.2, 0.25) is 11.8 Å². The summed E-state index contributed by atoms with van der Waals surface area (Å²) in [5, 5.41) is 8.97. The van der Waals surface area contributed by atoms with Gasteiger partial charge in [-0.3, -0.25) is 4.79 Å². The molecule has 22 heavy (non-hydrogen) atoms. The van der Waals surface area contributed by atoms with E-state index in [-0.39, 0.29) is 16.3 Å². The van der Waals surface area contributed by atoms with Crippen molar-refractivity contribution in [2.24, 2.45) is 0 Å². The zero-order chi connectivity index (χ0) is 15.9. The summed E-state index contributed by atoms with van der Waals surface area (Å²) < 4.78 is 19.7. The summed E-state index contributed by atoms with van der Waals surface area (Å²) in [7, 11) is 1.44. The minimum atomic E-state index is -0.498. The molecule has 0 aromatic carbocycles. The second-order valence-electron chi connectivity index (χ2n) is 5.09. The monoisotopic (exact) mass is 371 g/mol. The lowest BCUT2D eigenvalue weighted by molar-refractivity contribution is -0.134. The third-order valence-electron chi connectivity index (χ3n) is 3.92. The Hall–Kier alpha value is -1.67. The van der Waals surface area contributed by atoms with Crippen LogP contribution in [0.1, 0.15) is 11.3 Å². The van der Waals surface area contributed by atoms with Gasteiger partial charge < -0.3 is 19.7 Å². The summed E-state index contributed by atoms with van der Waals surface area (Å²) in [4.78, 5) is 20.7. The first-order valence-electron chi connectivity index (χ1n) is 6.87. The van der Waals surface area contributed by atoms with Crippen molar-refractivity contribution in [1.82, 2.24) is 14.9 Å². The van der Waals surface area contributed by atoms with Crippen molar-refractivity contribution in [3.63, 3.8) is 0 Å². The number of aliphatic hydroxyl groups is 1. The molecule has 1 amide bonds. The van der Waals surface area contributed by atoms with Crippen molar-refractivity contribution in [3.05, 3.63) is 21.5 Å². The lowest BCUT2D eigenvalue weighted by Crippen LogP contribution is -2.35. The third-order valence-corrected chi connectivity index (χ3v) is 4.61. The standard InChI is InChI=1S/C14H15BrFN3O3/c1-22-14-10(15)11(16)13-12(18-14)7-2-4-19(9(21)6-20)5-3-8(7)17-13/h17,20H,2-6H2,1H3. The Morgan fingerprint density at radius 2 is 2.23 bits per heavy atom. The van der Waals surface area contributed by atoms with Crippen molar-refractivity contribution in [2.75, 3.05) is 26.8 Å². The van der Waals surface area contributed by atoms with Crippen LogP contribution in [0.4, 0.5) is 4.39 Å². The molecule has 0 bridgehead atoms. The van der Waals surface area contributed by atoms with Crippen molar-refractivity contribution in [3.8, 4) is 5.88 Å². The van der Waals surface area contributed by atoms with E-state index in [2.05, 4.69) is 25.9 Å². The molecule has 2 aromatic heterocycles. The Labute approximate surface area is 134 Å². The van der Waals surface area contributed by atoms with Crippen LogP contribution < -0.4 is 4.74 Å². The highest BCUT2D eigenvalue weighted by molar-refractivity contribution is 9.10. The second-order valence-corrected chi connectivity index (χ2v) is 5.89. The largest absolute Gasteiger partial charge is 0.480 e. The van der Waals surface area contributed by atoms with Gasteiger partial charge in [-0.05, 0) is 22.4 Å². The molecule has 0 unspecified atom stereocenters. The molecule has 2 aromatic rings. The number of halogens is 2. The number of fused-ring (bicyclic) bond motifs is 3. The van der Waals surface area contributed by atoms with Crippen LogP contribution in [0.3, 0.4) is 0 Å². The van der Waals surface area contributed by atoms with E-state index in [1.165, 1.54) is 7.11 Å². The van der Waals surface area contributed by atoms with Crippen LogP contribution in [-0.2, 0) is 17.6 Å². The average molecular weight is 372 g/mol. The number of rotatable bonds is 2. The maximum atomic E-state index is 14.4. The summed E-state index contributed by atoms with van der Waals surface area (Å²) in [6.45, 7) is 0.461. The molecule has 3 rings (SSSR count). The quantitative estimate of drug-likeness (QED) is 0.835. The first-order chi connectivity index (χ1) is 10.6. The molecular weight excluding hydrogens is 357 g/mol. The van der Waals surface area contributed by atoms with E-state index in [0.29, 0.717) is 37.0 Å². The van der Waals surface area contributed by atoms with Crippen LogP contribution in [0.15, 0.2) is 4.47 Å². The lowest BCUT2D eigenvalue weighted by atomic mass is 10.1. The Balaban J connectivity index is 2.05. The van der Waals surface area contributed by atoms with Crippen LogP contribution in [0.5, 0.6) is 5.88 Å². The molecule has 2 N–H and O–H groups in total. The highest BCUT2D eigenvalue weighted by atomic mass is 79.9. The first-order valence-corrected chi connectivity index (χ1v) is 7.67. The number of methoxy groups -OCH3 is 1. The number of pyridine rings is 1. The molecule has 6 nitrogen and oxygen atoms in total. The fraction of sp³-hybridized carbons (Fsp3) is 0.429. The number of hydrogen-bond donors (Lipinski definition) is 2. The predicted molar refractivity (Wildman–Crippen MR) is 81.4 cm³/mol. The number of carbonyl (C=O) groups excluding carboxylic acids is 1. The molecule has 118 valence electrons. The summed E-state index contributed by atoms with van der Waals surface area (Å²) >= 11 is 3.14. The van der Waals surface area contributed by atoms with E-state index in [4.69, 9.17) is 9.84 Å². The summed E-state index contributed by atoms with van der Waals surface area (Å²) in [5.41, 5.74) is 2.65. The summed E-state index contributed by atoms with van der Waals surface area (Å²) in [6, 6.07) is 0. The van der Waals surface area contributed by atoms with Crippen LogP contribution in [0, 0.1) is 5.82 Å². The van der Waals surface area contributed by atoms with Gasteiger partial charge in [0.05, 0.1) is 12.6 Å². The number of H-pyrrole nitrogens is 1. The van der Waals surface area contributed by atoms with Crippen molar-refractivity contribution < 1.29 is 19.0 Å². The zero-order valence-corrected chi connectivity index (χ0v) is 13.5. The highest BCUT2D eigenvalue weighted by Gasteiger charge is 2.25. The number of hydrogen-bond acceptors (Lipinski definition) is 4. The molecule has 0 radical (unpaired) electrons. The maximum absolute atomic E-state index is 14.4. The van der Waals surface area contributed by atoms with Gasteiger partial charge in [-0.2, -0.15) is 0 Å². The Morgan fingerprint density at radius 3 is 2.91 bits per heavy atom. The molecule has 0 saturated carbocycles. The maximum Gasteiger partial charge on any atom is 0.248 e. The van der Waals surface area contributed by atoms with Crippen LogP contribution in [0.2, 0.25) is 0 Å². The van der Waals surface area contributed by atoms with E-state index in [9.17, 15) is 9.18 Å². The number of ether oxygens (including phenoxy) is 1. The number of carbonyl (C=O) groups is 1. The first kappa shape index (κ1) is 15.2. The molecule has 0 atom stereocenters. The number of amides is 1. The predicted octanol–water partition coefficient (Wildman–Crippen LogP) is 1.39. The smallest absolute Gasteiger partial charge is 0.248 e. The Bertz CT molecular complexity index is 747. The van der Waals surface area contributed by atoms with E-state index in [0.717, 1.165) is 11.3 Å². The summed E-state index contributed by atoms with van der Waals surface area (Å²) in [6.07, 6.45) is 1.12. The van der Waals surface area contributed by atoms with Crippen molar-refractivity contribution in [1.29, 1.82) is 0 Å². The molecule has 8 heteroatoms. The van der Waals surface area contributed by atoms with Crippen molar-refractivity contribution in [2.45, 2.75) is 12.8 Å². The third kappa shape index (κ3) is 2.36. The van der Waals surface area contributed by atoms with E-state index >= 15 is 0 Å². The normalized spacial score (nSPS) is 14.8. The van der Waals surface area contributed by atoms with Gasteiger partial charge in [0.25, 0.3) is 0 Å². The second kappa shape index (κ2) is 5.85. The zero-order valence-electron chi connectivity index (χ0n) is 11.9. The highest BCUT2D eigenvalue weighted by Crippen LogP contribution is 2.34.